The van der Waals surface area contributed by atoms with Crippen molar-refractivity contribution in [2.75, 3.05) is 31.2 Å². The van der Waals surface area contributed by atoms with Crippen molar-refractivity contribution in [1.82, 2.24) is 14.8 Å². The van der Waals surface area contributed by atoms with Gasteiger partial charge in [0.1, 0.15) is 0 Å². The van der Waals surface area contributed by atoms with Crippen molar-refractivity contribution in [3.63, 3.8) is 0 Å². The van der Waals surface area contributed by atoms with E-state index in [1.165, 1.54) is 11.8 Å². The minimum absolute atomic E-state index is 0.177. The molecule has 1 aromatic carbocycles. The van der Waals surface area contributed by atoms with Gasteiger partial charge in [0.2, 0.25) is 5.95 Å². The van der Waals surface area contributed by atoms with Gasteiger partial charge in [-0.3, -0.25) is 4.57 Å². The molecule has 6 nitrogen and oxygen atoms in total. The molecule has 3 rings (SSSR count). The molecular weight excluding hydrogens is 298 g/mol. The van der Waals surface area contributed by atoms with Crippen molar-refractivity contribution in [2.24, 2.45) is 0 Å². The predicted molar refractivity (Wildman–Crippen MR) is 85.3 cm³/mol. The summed E-state index contributed by atoms with van der Waals surface area (Å²) in [6.07, 6.45) is 0. The monoisotopic (exact) mass is 315 g/mol. The maximum Gasteiger partial charge on any atom is 0.232 e. The normalized spacial score (nSPS) is 16.3. The molecule has 1 unspecified atom stereocenters. The van der Waals surface area contributed by atoms with Crippen LogP contribution in [0.2, 0.25) is 0 Å². The lowest BCUT2D eigenvalue weighted by Crippen LogP contribution is -2.37. The van der Waals surface area contributed by atoms with Crippen LogP contribution in [0.3, 0.4) is 0 Å². The van der Waals surface area contributed by atoms with Gasteiger partial charge in [-0.25, -0.2) is 0 Å². The number of thioether (sulfide) groups is 1. The summed E-state index contributed by atoms with van der Waals surface area (Å²) in [5.74, 6) is 0.808. The maximum atomic E-state index is 9.06. The third kappa shape index (κ3) is 3.08. The molecule has 1 saturated heterocycles. The third-order valence-electron chi connectivity index (χ3n) is 3.39. The zero-order valence-corrected chi connectivity index (χ0v) is 13.2. The zero-order valence-electron chi connectivity index (χ0n) is 12.3. The van der Waals surface area contributed by atoms with Gasteiger partial charge in [0.15, 0.2) is 5.16 Å². The minimum atomic E-state index is -0.177. The standard InChI is InChI=1S/C15H17N5OS/c1-12(11-16)22-15-18-17-14(19-7-9-21-10-8-19)20(15)13-5-3-2-4-6-13/h2-6,12H,7-10H2,1H3. The smallest absolute Gasteiger partial charge is 0.232 e. The summed E-state index contributed by atoms with van der Waals surface area (Å²) in [7, 11) is 0. The summed E-state index contributed by atoms with van der Waals surface area (Å²) < 4.78 is 7.43. The number of morpholine rings is 1. The van der Waals surface area contributed by atoms with E-state index in [0.29, 0.717) is 13.2 Å². The average molecular weight is 315 g/mol. The van der Waals surface area contributed by atoms with Crippen LogP contribution < -0.4 is 4.90 Å². The van der Waals surface area contributed by atoms with E-state index in [-0.39, 0.29) is 5.25 Å². The van der Waals surface area contributed by atoms with E-state index in [1.54, 1.807) is 0 Å². The molecule has 0 N–H and O–H groups in total. The fourth-order valence-corrected chi connectivity index (χ4v) is 3.04. The van der Waals surface area contributed by atoms with Gasteiger partial charge in [0.05, 0.1) is 30.2 Å². The molecule has 1 fully saturated rings. The third-order valence-corrected chi connectivity index (χ3v) is 4.32. The SMILES string of the molecule is CC(C#N)Sc1nnc(N2CCOCC2)n1-c1ccccc1. The van der Waals surface area contributed by atoms with Crippen LogP contribution in [0.5, 0.6) is 0 Å². The Morgan fingerprint density at radius 1 is 1.23 bits per heavy atom. The quantitative estimate of drug-likeness (QED) is 0.805. The largest absolute Gasteiger partial charge is 0.378 e. The van der Waals surface area contributed by atoms with Gasteiger partial charge in [-0.05, 0) is 19.1 Å². The van der Waals surface area contributed by atoms with Crippen LogP contribution in [-0.4, -0.2) is 46.3 Å². The number of benzene rings is 1. The summed E-state index contributed by atoms with van der Waals surface area (Å²) in [5.41, 5.74) is 1.00. The van der Waals surface area contributed by atoms with Crippen LogP contribution in [0.1, 0.15) is 6.92 Å². The topological polar surface area (TPSA) is 67.0 Å². The number of aromatic nitrogens is 3. The molecule has 0 saturated carbocycles. The van der Waals surface area contributed by atoms with Crippen molar-refractivity contribution in [2.45, 2.75) is 17.3 Å². The predicted octanol–water partition coefficient (Wildman–Crippen LogP) is 2.11. The number of para-hydroxylation sites is 1. The summed E-state index contributed by atoms with van der Waals surface area (Å²) in [4.78, 5) is 2.17. The first-order valence-electron chi connectivity index (χ1n) is 7.19. The average Bonchev–Trinajstić information content (AvgIpc) is 3.00. The van der Waals surface area contributed by atoms with Crippen molar-refractivity contribution >= 4 is 17.7 Å². The lowest BCUT2D eigenvalue weighted by Gasteiger charge is -2.27. The van der Waals surface area contributed by atoms with E-state index in [1.807, 2.05) is 41.8 Å². The highest BCUT2D eigenvalue weighted by Crippen LogP contribution is 2.29. The van der Waals surface area contributed by atoms with Crippen LogP contribution in [0.4, 0.5) is 5.95 Å². The van der Waals surface area contributed by atoms with Crippen LogP contribution in [0.25, 0.3) is 5.69 Å². The van der Waals surface area contributed by atoms with Crippen molar-refractivity contribution in [3.05, 3.63) is 30.3 Å². The highest BCUT2D eigenvalue weighted by atomic mass is 32.2. The lowest BCUT2D eigenvalue weighted by molar-refractivity contribution is 0.122. The Kier molecular flexibility index (Phi) is 4.61. The minimum Gasteiger partial charge on any atom is -0.378 e. The Labute approximate surface area is 133 Å². The highest BCUT2D eigenvalue weighted by Gasteiger charge is 2.22. The molecule has 0 bridgehead atoms. The van der Waals surface area contributed by atoms with E-state index in [4.69, 9.17) is 10.00 Å². The Bertz CT molecular complexity index is 660. The Hall–Kier alpha value is -2.04. The molecule has 7 heteroatoms. The lowest BCUT2D eigenvalue weighted by atomic mass is 10.3. The number of nitriles is 1. The number of hydrogen-bond acceptors (Lipinski definition) is 6. The molecule has 2 aromatic rings. The summed E-state index contributed by atoms with van der Waals surface area (Å²) in [6.45, 7) is 4.84. The first-order valence-corrected chi connectivity index (χ1v) is 8.07. The Morgan fingerprint density at radius 3 is 2.64 bits per heavy atom. The first kappa shape index (κ1) is 14.9. The van der Waals surface area contributed by atoms with Gasteiger partial charge < -0.3 is 9.64 Å². The molecule has 1 aromatic heterocycles. The van der Waals surface area contributed by atoms with Crippen molar-refractivity contribution in [3.8, 4) is 11.8 Å². The number of ether oxygens (including phenoxy) is 1. The number of nitrogens with zero attached hydrogens (tertiary/aromatic N) is 5. The van der Waals surface area contributed by atoms with E-state index in [9.17, 15) is 0 Å². The van der Waals surface area contributed by atoms with Crippen molar-refractivity contribution in [1.29, 1.82) is 5.26 Å². The van der Waals surface area contributed by atoms with E-state index < -0.39 is 0 Å². The first-order chi connectivity index (χ1) is 10.8. The highest BCUT2D eigenvalue weighted by molar-refractivity contribution is 8.00. The Balaban J connectivity index is 2.01. The summed E-state index contributed by atoms with van der Waals surface area (Å²) in [6, 6.07) is 12.2. The molecule has 2 heterocycles. The summed E-state index contributed by atoms with van der Waals surface area (Å²) in [5, 5.41) is 18.3. The van der Waals surface area contributed by atoms with Gasteiger partial charge in [0.25, 0.3) is 0 Å². The van der Waals surface area contributed by atoms with Gasteiger partial charge in [-0.1, -0.05) is 30.0 Å². The molecule has 0 amide bonds. The van der Waals surface area contributed by atoms with Gasteiger partial charge in [0, 0.05) is 13.1 Å². The van der Waals surface area contributed by atoms with E-state index >= 15 is 0 Å². The van der Waals surface area contributed by atoms with Crippen LogP contribution in [0.15, 0.2) is 35.5 Å². The van der Waals surface area contributed by atoms with E-state index in [0.717, 1.165) is 29.9 Å². The molecule has 1 atom stereocenters. The molecular formula is C15H17N5OS. The fourth-order valence-electron chi connectivity index (χ4n) is 2.29. The number of rotatable bonds is 4. The van der Waals surface area contributed by atoms with Gasteiger partial charge >= 0.3 is 0 Å². The van der Waals surface area contributed by atoms with Crippen LogP contribution in [-0.2, 0) is 4.74 Å². The molecule has 1 aliphatic rings. The molecule has 22 heavy (non-hydrogen) atoms. The summed E-state index contributed by atoms with van der Waals surface area (Å²) >= 11 is 1.42. The van der Waals surface area contributed by atoms with E-state index in [2.05, 4.69) is 21.2 Å². The van der Waals surface area contributed by atoms with Crippen molar-refractivity contribution < 1.29 is 4.74 Å². The molecule has 1 aliphatic heterocycles. The fraction of sp³-hybridized carbons (Fsp3) is 0.400. The second-order valence-corrected chi connectivity index (χ2v) is 6.25. The molecule has 114 valence electrons. The van der Waals surface area contributed by atoms with Gasteiger partial charge in [-0.2, -0.15) is 5.26 Å². The molecule has 0 spiro atoms. The number of anilines is 1. The molecule has 0 radical (unpaired) electrons. The Morgan fingerprint density at radius 2 is 1.95 bits per heavy atom. The zero-order chi connectivity index (χ0) is 15.4. The second-order valence-electron chi connectivity index (χ2n) is 4.94. The number of hydrogen-bond donors (Lipinski definition) is 0. The van der Waals surface area contributed by atoms with Crippen LogP contribution >= 0.6 is 11.8 Å². The molecule has 0 aliphatic carbocycles. The van der Waals surface area contributed by atoms with Gasteiger partial charge in [-0.15, -0.1) is 10.2 Å². The second kappa shape index (κ2) is 6.81. The maximum absolute atomic E-state index is 9.06. The van der Waals surface area contributed by atoms with Crippen LogP contribution in [0, 0.1) is 11.3 Å².